The highest BCUT2D eigenvalue weighted by Crippen LogP contribution is 2.34. The molecule has 0 aliphatic heterocycles. The molecule has 0 fully saturated rings. The standard InChI is InChI=1S/C20H16F3N3O2S/c1-2-7-29-26-14-9-12(20(21,22)23)8-13(10-14)25-19(28)16-11-24-17-6-4-3-5-15(17)18(16)27/h2-11,26H,1H3,(H,24,27)(H,25,28)/b7-2+. The van der Waals surface area contributed by atoms with Gasteiger partial charge in [-0.3, -0.25) is 9.59 Å². The van der Waals surface area contributed by atoms with Crippen molar-refractivity contribution >= 4 is 40.1 Å². The Kier molecular flexibility index (Phi) is 5.97. The van der Waals surface area contributed by atoms with Gasteiger partial charge in [0, 0.05) is 28.5 Å². The molecule has 29 heavy (non-hydrogen) atoms. The van der Waals surface area contributed by atoms with Crippen molar-refractivity contribution in [2.45, 2.75) is 13.1 Å². The number of nitrogens with one attached hydrogen (secondary N) is 3. The van der Waals surface area contributed by atoms with Crippen molar-refractivity contribution in [1.82, 2.24) is 4.98 Å². The number of hydrogen-bond donors (Lipinski definition) is 3. The lowest BCUT2D eigenvalue weighted by Gasteiger charge is -2.13. The first-order chi connectivity index (χ1) is 13.8. The summed E-state index contributed by atoms with van der Waals surface area (Å²) in [6.45, 7) is 1.77. The number of benzene rings is 2. The molecule has 1 aromatic heterocycles. The molecule has 0 unspecified atom stereocenters. The molecule has 0 atom stereocenters. The van der Waals surface area contributed by atoms with Crippen LogP contribution in [-0.4, -0.2) is 10.9 Å². The summed E-state index contributed by atoms with van der Waals surface area (Å²) >= 11 is 1.09. The number of carbonyl (C=O) groups is 1. The predicted molar refractivity (Wildman–Crippen MR) is 110 cm³/mol. The van der Waals surface area contributed by atoms with Gasteiger partial charge in [-0.05, 0) is 54.6 Å². The van der Waals surface area contributed by atoms with Crippen molar-refractivity contribution < 1.29 is 18.0 Å². The van der Waals surface area contributed by atoms with Gasteiger partial charge in [0.15, 0.2) is 0 Å². The fraction of sp³-hybridized carbons (Fsp3) is 0.100. The van der Waals surface area contributed by atoms with E-state index < -0.39 is 23.1 Å². The van der Waals surface area contributed by atoms with Crippen molar-refractivity contribution in [2.24, 2.45) is 0 Å². The Bertz CT molecular complexity index is 1140. The molecule has 0 spiro atoms. The number of H-pyrrole nitrogens is 1. The molecule has 2 aromatic carbocycles. The van der Waals surface area contributed by atoms with Crippen LogP contribution >= 0.6 is 11.9 Å². The van der Waals surface area contributed by atoms with Gasteiger partial charge < -0.3 is 15.0 Å². The lowest BCUT2D eigenvalue weighted by Crippen LogP contribution is -2.22. The molecule has 0 saturated carbocycles. The molecule has 3 rings (SSSR count). The van der Waals surface area contributed by atoms with Crippen molar-refractivity contribution in [3.8, 4) is 0 Å². The zero-order valence-corrected chi connectivity index (χ0v) is 15.9. The molecule has 9 heteroatoms. The van der Waals surface area contributed by atoms with Gasteiger partial charge in [0.05, 0.1) is 5.56 Å². The molecule has 0 aliphatic rings. The molecular formula is C20H16F3N3O2S. The summed E-state index contributed by atoms with van der Waals surface area (Å²) in [5.74, 6) is -0.802. The van der Waals surface area contributed by atoms with E-state index in [9.17, 15) is 22.8 Å². The summed E-state index contributed by atoms with van der Waals surface area (Å²) in [5.41, 5.74) is -0.997. The number of aromatic amines is 1. The smallest absolute Gasteiger partial charge is 0.360 e. The molecule has 3 aromatic rings. The number of fused-ring (bicyclic) bond motifs is 1. The summed E-state index contributed by atoms with van der Waals surface area (Å²) in [6, 6.07) is 9.77. The van der Waals surface area contributed by atoms with Crippen LogP contribution in [0.2, 0.25) is 0 Å². The first kappa shape index (κ1) is 20.5. The van der Waals surface area contributed by atoms with Gasteiger partial charge in [0.2, 0.25) is 5.43 Å². The average Bonchev–Trinajstić information content (AvgIpc) is 2.68. The minimum atomic E-state index is -4.59. The third-order valence-electron chi connectivity index (χ3n) is 3.93. The number of carbonyl (C=O) groups excluding carboxylic acids is 1. The Labute approximate surface area is 168 Å². The lowest BCUT2D eigenvalue weighted by atomic mass is 10.1. The summed E-state index contributed by atoms with van der Waals surface area (Å²) in [7, 11) is 0. The number of pyridine rings is 1. The van der Waals surface area contributed by atoms with Gasteiger partial charge in [0.25, 0.3) is 5.91 Å². The summed E-state index contributed by atoms with van der Waals surface area (Å²) in [5, 5.41) is 4.35. The Balaban J connectivity index is 1.94. The predicted octanol–water partition coefficient (Wildman–Crippen LogP) is 5.39. The Morgan fingerprint density at radius 1 is 1.14 bits per heavy atom. The maximum absolute atomic E-state index is 13.2. The molecule has 150 valence electrons. The fourth-order valence-electron chi connectivity index (χ4n) is 2.63. The van der Waals surface area contributed by atoms with E-state index in [1.54, 1.807) is 42.7 Å². The van der Waals surface area contributed by atoms with Crippen LogP contribution in [-0.2, 0) is 6.18 Å². The molecule has 3 N–H and O–H groups in total. The maximum Gasteiger partial charge on any atom is 0.416 e. The number of halogens is 3. The van der Waals surface area contributed by atoms with Crippen LogP contribution in [0.3, 0.4) is 0 Å². The number of anilines is 2. The Hall–Kier alpha value is -3.20. The number of allylic oxidation sites excluding steroid dienone is 1. The molecule has 0 bridgehead atoms. The summed E-state index contributed by atoms with van der Waals surface area (Å²) < 4.78 is 42.4. The minimum Gasteiger partial charge on any atom is -0.360 e. The summed E-state index contributed by atoms with van der Waals surface area (Å²) in [4.78, 5) is 27.9. The zero-order chi connectivity index (χ0) is 21.0. The van der Waals surface area contributed by atoms with Crippen LogP contribution < -0.4 is 15.5 Å². The van der Waals surface area contributed by atoms with E-state index in [4.69, 9.17) is 0 Å². The van der Waals surface area contributed by atoms with E-state index in [1.807, 2.05) is 0 Å². The first-order valence-electron chi connectivity index (χ1n) is 8.46. The van der Waals surface area contributed by atoms with Gasteiger partial charge in [0.1, 0.15) is 5.56 Å². The van der Waals surface area contributed by atoms with Gasteiger partial charge >= 0.3 is 6.18 Å². The second kappa shape index (κ2) is 8.44. The van der Waals surface area contributed by atoms with E-state index in [2.05, 4.69) is 15.0 Å². The van der Waals surface area contributed by atoms with Crippen molar-refractivity contribution in [3.63, 3.8) is 0 Å². The van der Waals surface area contributed by atoms with E-state index in [0.29, 0.717) is 10.9 Å². The number of alkyl halides is 3. The average molecular weight is 419 g/mol. The van der Waals surface area contributed by atoms with Crippen LogP contribution in [0, 0.1) is 0 Å². The number of hydrogen-bond acceptors (Lipinski definition) is 4. The number of amides is 1. The normalized spacial score (nSPS) is 11.7. The van der Waals surface area contributed by atoms with Crippen molar-refractivity contribution in [3.05, 3.63) is 81.5 Å². The number of aromatic nitrogens is 1. The van der Waals surface area contributed by atoms with Crippen LogP contribution in [0.1, 0.15) is 22.8 Å². The monoisotopic (exact) mass is 419 g/mol. The van der Waals surface area contributed by atoms with Gasteiger partial charge in [-0.2, -0.15) is 13.2 Å². The topological polar surface area (TPSA) is 74.0 Å². The van der Waals surface area contributed by atoms with Crippen molar-refractivity contribution in [2.75, 3.05) is 10.0 Å². The molecule has 0 radical (unpaired) electrons. The SMILES string of the molecule is C/C=C/SNc1cc(NC(=O)c2c[nH]c3ccccc3c2=O)cc(C(F)(F)F)c1. The van der Waals surface area contributed by atoms with E-state index in [1.165, 1.54) is 12.3 Å². The Morgan fingerprint density at radius 3 is 2.59 bits per heavy atom. The van der Waals surface area contributed by atoms with Crippen LogP contribution in [0.15, 0.2) is 64.9 Å². The quantitative estimate of drug-likeness (QED) is 0.485. The zero-order valence-electron chi connectivity index (χ0n) is 15.1. The highest BCUT2D eigenvalue weighted by Gasteiger charge is 2.31. The van der Waals surface area contributed by atoms with Crippen LogP contribution in [0.25, 0.3) is 10.9 Å². The largest absolute Gasteiger partial charge is 0.416 e. The molecule has 0 saturated heterocycles. The highest BCUT2D eigenvalue weighted by molar-refractivity contribution is 8.03. The summed E-state index contributed by atoms with van der Waals surface area (Å²) in [6.07, 6.45) is -1.63. The third kappa shape index (κ3) is 4.80. The van der Waals surface area contributed by atoms with Gasteiger partial charge in [-0.1, -0.05) is 18.2 Å². The molecule has 5 nitrogen and oxygen atoms in total. The van der Waals surface area contributed by atoms with E-state index in [-0.39, 0.29) is 16.9 Å². The van der Waals surface area contributed by atoms with Crippen LogP contribution in [0.4, 0.5) is 24.5 Å². The molecular weight excluding hydrogens is 403 g/mol. The second-order valence-electron chi connectivity index (χ2n) is 6.02. The number of para-hydroxylation sites is 1. The highest BCUT2D eigenvalue weighted by atomic mass is 32.2. The molecule has 0 aliphatic carbocycles. The third-order valence-corrected chi connectivity index (χ3v) is 4.69. The maximum atomic E-state index is 13.2. The van der Waals surface area contributed by atoms with E-state index >= 15 is 0 Å². The minimum absolute atomic E-state index is 0.0824. The second-order valence-corrected chi connectivity index (χ2v) is 6.73. The van der Waals surface area contributed by atoms with Gasteiger partial charge in [-0.15, -0.1) is 0 Å². The van der Waals surface area contributed by atoms with Crippen molar-refractivity contribution in [1.29, 1.82) is 0 Å². The van der Waals surface area contributed by atoms with E-state index in [0.717, 1.165) is 24.1 Å². The lowest BCUT2D eigenvalue weighted by molar-refractivity contribution is -0.137. The first-order valence-corrected chi connectivity index (χ1v) is 9.34. The number of rotatable bonds is 5. The molecule has 1 amide bonds. The fourth-order valence-corrected chi connectivity index (χ4v) is 3.09. The van der Waals surface area contributed by atoms with Crippen LogP contribution in [0.5, 0.6) is 0 Å². The molecule has 1 heterocycles. The Morgan fingerprint density at radius 2 is 1.86 bits per heavy atom. The van der Waals surface area contributed by atoms with Gasteiger partial charge in [-0.25, -0.2) is 0 Å².